The molecule has 0 saturated carbocycles. The van der Waals surface area contributed by atoms with Crippen molar-refractivity contribution >= 4 is 23.6 Å². The molecular weight excluding hydrogens is 420 g/mol. The van der Waals surface area contributed by atoms with Crippen molar-refractivity contribution in [2.45, 2.75) is 27.2 Å². The van der Waals surface area contributed by atoms with Crippen LogP contribution in [0.25, 0.3) is 5.57 Å². The van der Waals surface area contributed by atoms with Gasteiger partial charge in [-0.1, -0.05) is 55.7 Å². The molecule has 1 saturated heterocycles. The van der Waals surface area contributed by atoms with Crippen LogP contribution in [0, 0.1) is 12.8 Å². The van der Waals surface area contributed by atoms with Gasteiger partial charge >= 0.3 is 0 Å². The maximum Gasteiger partial charge on any atom is 0.213 e. The number of ether oxygens (including phenoxy) is 1. The third-order valence-corrected chi connectivity index (χ3v) is 5.19. The molecular formula is C27H37ClN2O2. The first-order valence-corrected chi connectivity index (χ1v) is 11.5. The molecule has 174 valence electrons. The van der Waals surface area contributed by atoms with Gasteiger partial charge in [0.05, 0.1) is 12.4 Å². The van der Waals surface area contributed by atoms with E-state index in [1.165, 1.54) is 16.7 Å². The molecule has 0 radical (unpaired) electrons. The number of hydrogen-bond donors (Lipinski definition) is 1. The number of alkyl halides is 1. The predicted octanol–water partition coefficient (Wildman–Crippen LogP) is 5.65. The summed E-state index contributed by atoms with van der Waals surface area (Å²) < 4.78 is 5.46. The van der Waals surface area contributed by atoms with Crippen molar-refractivity contribution in [3.63, 3.8) is 0 Å². The topological polar surface area (TPSA) is 41.6 Å². The number of halogens is 1. The zero-order chi connectivity index (χ0) is 23.8. The molecule has 1 amide bonds. The van der Waals surface area contributed by atoms with Crippen LogP contribution in [0.1, 0.15) is 30.5 Å². The fourth-order valence-corrected chi connectivity index (χ4v) is 3.31. The number of hydrogen-bond acceptors (Lipinski definition) is 3. The third kappa shape index (κ3) is 10.2. The Bertz CT molecular complexity index is 823. The summed E-state index contributed by atoms with van der Waals surface area (Å²) in [6.07, 6.45) is 13.1. The minimum atomic E-state index is 0.452. The minimum Gasteiger partial charge on any atom is -0.499 e. The minimum absolute atomic E-state index is 0.452. The van der Waals surface area contributed by atoms with Crippen molar-refractivity contribution in [1.82, 2.24) is 10.2 Å². The predicted molar refractivity (Wildman–Crippen MR) is 138 cm³/mol. The number of amides is 1. The van der Waals surface area contributed by atoms with Gasteiger partial charge in [0.1, 0.15) is 0 Å². The molecule has 1 aromatic carbocycles. The summed E-state index contributed by atoms with van der Waals surface area (Å²) >= 11 is 5.45. The van der Waals surface area contributed by atoms with Crippen LogP contribution in [0.15, 0.2) is 73.7 Å². The quantitative estimate of drug-likeness (QED) is 0.191. The summed E-state index contributed by atoms with van der Waals surface area (Å²) in [4.78, 5) is 12.1. The molecule has 4 nitrogen and oxygen atoms in total. The van der Waals surface area contributed by atoms with Crippen LogP contribution in [0.5, 0.6) is 0 Å². The SMILES string of the molecule is C=C/C=C\Cc1cccc(C(=C)/C=C(\C)OCC)c1C.O=CN(/C=C/CCl)CC1CNC1. The number of nitrogens with one attached hydrogen (secondary N) is 1. The van der Waals surface area contributed by atoms with Gasteiger partial charge in [0.2, 0.25) is 6.41 Å². The molecule has 0 spiro atoms. The van der Waals surface area contributed by atoms with Gasteiger partial charge in [-0.25, -0.2) is 0 Å². The lowest BCUT2D eigenvalue weighted by Gasteiger charge is -2.29. The molecule has 0 unspecified atom stereocenters. The lowest BCUT2D eigenvalue weighted by atomic mass is 9.95. The molecule has 1 heterocycles. The Balaban J connectivity index is 0.000000363. The van der Waals surface area contributed by atoms with Crippen molar-refractivity contribution in [1.29, 1.82) is 0 Å². The molecule has 5 heteroatoms. The van der Waals surface area contributed by atoms with Crippen molar-refractivity contribution in [2.24, 2.45) is 5.92 Å². The summed E-state index contributed by atoms with van der Waals surface area (Å²) in [5.41, 5.74) is 4.74. The zero-order valence-corrected chi connectivity index (χ0v) is 20.4. The number of rotatable bonds is 12. The maximum absolute atomic E-state index is 10.5. The van der Waals surface area contributed by atoms with Gasteiger partial charge in [-0.3, -0.25) is 4.79 Å². The van der Waals surface area contributed by atoms with Gasteiger partial charge in [0.25, 0.3) is 0 Å². The molecule has 1 aromatic rings. The molecule has 0 bridgehead atoms. The summed E-state index contributed by atoms with van der Waals surface area (Å²) in [5.74, 6) is 1.96. The number of allylic oxidation sites excluding steroid dienone is 7. The highest BCUT2D eigenvalue weighted by molar-refractivity contribution is 6.18. The average Bonchev–Trinajstić information content (AvgIpc) is 2.74. The van der Waals surface area contributed by atoms with E-state index in [1.807, 2.05) is 26.0 Å². The van der Waals surface area contributed by atoms with Crippen LogP contribution in [0.3, 0.4) is 0 Å². The van der Waals surface area contributed by atoms with Crippen molar-refractivity contribution < 1.29 is 9.53 Å². The Morgan fingerprint density at radius 2 is 2.09 bits per heavy atom. The van der Waals surface area contributed by atoms with Crippen molar-refractivity contribution in [3.8, 4) is 0 Å². The van der Waals surface area contributed by atoms with Crippen LogP contribution < -0.4 is 5.32 Å². The largest absolute Gasteiger partial charge is 0.499 e. The van der Waals surface area contributed by atoms with Crippen LogP contribution in [0.2, 0.25) is 0 Å². The zero-order valence-electron chi connectivity index (χ0n) is 19.6. The van der Waals surface area contributed by atoms with Crippen molar-refractivity contribution in [3.05, 3.63) is 90.4 Å². The van der Waals surface area contributed by atoms with Gasteiger partial charge in [-0.2, -0.15) is 0 Å². The lowest BCUT2D eigenvalue weighted by molar-refractivity contribution is -0.116. The summed E-state index contributed by atoms with van der Waals surface area (Å²) in [6, 6.07) is 6.33. The van der Waals surface area contributed by atoms with Gasteiger partial charge in [0, 0.05) is 37.6 Å². The lowest BCUT2D eigenvalue weighted by Crippen LogP contribution is -2.47. The van der Waals surface area contributed by atoms with E-state index in [2.05, 4.69) is 49.7 Å². The second-order valence-corrected chi connectivity index (χ2v) is 7.85. The van der Waals surface area contributed by atoms with Crippen LogP contribution in [-0.2, 0) is 16.0 Å². The highest BCUT2D eigenvalue weighted by atomic mass is 35.5. The molecule has 0 atom stereocenters. The molecule has 1 aliphatic rings. The molecule has 0 aliphatic carbocycles. The summed E-state index contributed by atoms with van der Waals surface area (Å²) in [5, 5.41) is 3.15. The molecule has 1 fully saturated rings. The van der Waals surface area contributed by atoms with Crippen LogP contribution in [0.4, 0.5) is 0 Å². The van der Waals surface area contributed by atoms with Gasteiger partial charge in [-0.05, 0) is 55.5 Å². The Morgan fingerprint density at radius 3 is 2.66 bits per heavy atom. The second-order valence-electron chi connectivity index (χ2n) is 7.54. The Labute approximate surface area is 199 Å². The van der Waals surface area contributed by atoms with E-state index in [1.54, 1.807) is 23.3 Å². The Hall–Kier alpha value is -2.56. The smallest absolute Gasteiger partial charge is 0.213 e. The fraction of sp³-hybridized carbons (Fsp3) is 0.370. The first-order valence-electron chi connectivity index (χ1n) is 11.0. The Morgan fingerprint density at radius 1 is 1.34 bits per heavy atom. The highest BCUT2D eigenvalue weighted by Gasteiger charge is 2.18. The fourth-order valence-electron chi connectivity index (χ4n) is 3.23. The van der Waals surface area contributed by atoms with Crippen molar-refractivity contribution in [2.75, 3.05) is 32.1 Å². The van der Waals surface area contributed by atoms with E-state index in [-0.39, 0.29) is 0 Å². The van der Waals surface area contributed by atoms with E-state index >= 15 is 0 Å². The van der Waals surface area contributed by atoms with E-state index < -0.39 is 0 Å². The van der Waals surface area contributed by atoms with Crippen LogP contribution >= 0.6 is 11.6 Å². The monoisotopic (exact) mass is 456 g/mol. The van der Waals surface area contributed by atoms with E-state index in [9.17, 15) is 4.79 Å². The van der Waals surface area contributed by atoms with Gasteiger partial charge in [0.15, 0.2) is 0 Å². The molecule has 1 aliphatic heterocycles. The van der Waals surface area contributed by atoms with Gasteiger partial charge < -0.3 is 15.0 Å². The highest BCUT2D eigenvalue weighted by Crippen LogP contribution is 2.23. The molecule has 1 N–H and O–H groups in total. The number of nitrogens with zero attached hydrogens (tertiary/aromatic N) is 1. The molecule has 2 rings (SSSR count). The first kappa shape index (κ1) is 27.5. The van der Waals surface area contributed by atoms with Gasteiger partial charge in [-0.15, -0.1) is 11.6 Å². The standard InChI is InChI=1S/C19H24O.C8H13ClN2O/c1-6-8-9-11-18-12-10-13-19(17(18)5)15(3)14-16(4)20-7-2;9-2-1-3-11(7-12)6-8-4-10-5-8/h6,8-10,12-14H,1,3,7,11H2,2,4-5H3;1,3,7-8,10H,2,4-6H2/b9-8-,16-14+;3-1+. The maximum atomic E-state index is 10.5. The third-order valence-electron chi connectivity index (χ3n) is 5.01. The summed E-state index contributed by atoms with van der Waals surface area (Å²) in [7, 11) is 0. The molecule has 32 heavy (non-hydrogen) atoms. The first-order chi connectivity index (χ1) is 15.5. The van der Waals surface area contributed by atoms with Crippen LogP contribution in [-0.4, -0.2) is 43.4 Å². The molecule has 0 aromatic heterocycles. The number of benzene rings is 1. The normalized spacial score (nSPS) is 13.9. The second kappa shape index (κ2) is 16.1. The van der Waals surface area contributed by atoms with E-state index in [4.69, 9.17) is 16.3 Å². The number of carbonyl (C=O) groups excluding carboxylic acids is 1. The van der Waals surface area contributed by atoms with E-state index in [0.717, 1.165) is 43.8 Å². The Kier molecular flexibility index (Phi) is 13.8. The average molecular weight is 457 g/mol. The summed E-state index contributed by atoms with van der Waals surface area (Å²) in [6.45, 7) is 17.4. The number of carbonyl (C=O) groups is 1. The van der Waals surface area contributed by atoms with E-state index in [0.29, 0.717) is 18.4 Å².